The number of halogens is 2. The highest BCUT2D eigenvalue weighted by Crippen LogP contribution is 2.31. The number of aliphatic hydroxyl groups excluding tert-OH is 1. The van der Waals surface area contributed by atoms with Gasteiger partial charge in [0, 0.05) is 15.0 Å². The van der Waals surface area contributed by atoms with Gasteiger partial charge in [-0.15, -0.1) is 11.6 Å². The Labute approximate surface area is 151 Å². The van der Waals surface area contributed by atoms with Gasteiger partial charge in [-0.25, -0.2) is 4.79 Å². The first-order valence-corrected chi connectivity index (χ1v) is 8.41. The standard InChI is InChI=1S/C17H12ClIO4/c18-9-10-1-6-15-11(7-10)8-14(17(21)23-15)16(20)22-13-4-2-12(19)3-5-13/h1-8,17,21H,9H2. The van der Waals surface area contributed by atoms with Crippen molar-refractivity contribution in [1.82, 2.24) is 0 Å². The Kier molecular flexibility index (Phi) is 4.89. The van der Waals surface area contributed by atoms with Crippen molar-refractivity contribution in [2.24, 2.45) is 0 Å². The van der Waals surface area contributed by atoms with Crippen molar-refractivity contribution in [3.05, 3.63) is 62.7 Å². The molecule has 1 unspecified atom stereocenters. The molecule has 6 heteroatoms. The molecule has 0 radical (unpaired) electrons. The van der Waals surface area contributed by atoms with Crippen molar-refractivity contribution >= 4 is 46.2 Å². The molecule has 1 N–H and O–H groups in total. The number of benzene rings is 2. The average Bonchev–Trinajstić information content (AvgIpc) is 2.55. The zero-order valence-corrected chi connectivity index (χ0v) is 14.7. The van der Waals surface area contributed by atoms with E-state index in [0.717, 1.165) is 9.13 Å². The van der Waals surface area contributed by atoms with E-state index in [1.54, 1.807) is 30.3 Å². The quantitative estimate of drug-likeness (QED) is 0.341. The second kappa shape index (κ2) is 6.90. The summed E-state index contributed by atoms with van der Waals surface area (Å²) in [5.74, 6) is 0.605. The summed E-state index contributed by atoms with van der Waals surface area (Å²) in [5, 5.41) is 10.0. The Morgan fingerprint density at radius 3 is 2.70 bits per heavy atom. The Morgan fingerprint density at radius 2 is 2.00 bits per heavy atom. The van der Waals surface area contributed by atoms with Crippen LogP contribution in [0.25, 0.3) is 6.08 Å². The van der Waals surface area contributed by atoms with Gasteiger partial charge < -0.3 is 14.6 Å². The number of hydrogen-bond acceptors (Lipinski definition) is 4. The largest absolute Gasteiger partial charge is 0.460 e. The molecule has 1 atom stereocenters. The van der Waals surface area contributed by atoms with Crippen LogP contribution in [0.2, 0.25) is 0 Å². The summed E-state index contributed by atoms with van der Waals surface area (Å²) in [5.41, 5.74) is 1.62. The second-order valence-corrected chi connectivity index (χ2v) is 6.43. The van der Waals surface area contributed by atoms with Crippen molar-refractivity contribution in [3.63, 3.8) is 0 Å². The molecule has 0 bridgehead atoms. The second-order valence-electron chi connectivity index (χ2n) is 4.92. The van der Waals surface area contributed by atoms with Crippen LogP contribution in [0.4, 0.5) is 0 Å². The van der Waals surface area contributed by atoms with Gasteiger partial charge >= 0.3 is 5.97 Å². The summed E-state index contributed by atoms with van der Waals surface area (Å²) in [4.78, 5) is 12.3. The minimum Gasteiger partial charge on any atom is -0.460 e. The number of rotatable bonds is 3. The molecule has 0 aliphatic carbocycles. The van der Waals surface area contributed by atoms with Crippen molar-refractivity contribution < 1.29 is 19.4 Å². The Morgan fingerprint density at radius 1 is 1.26 bits per heavy atom. The molecule has 118 valence electrons. The average molecular weight is 443 g/mol. The number of alkyl halides is 1. The van der Waals surface area contributed by atoms with Gasteiger partial charge in [0.1, 0.15) is 17.1 Å². The molecule has 2 aromatic rings. The Balaban J connectivity index is 1.86. The van der Waals surface area contributed by atoms with Crippen LogP contribution in [-0.4, -0.2) is 17.4 Å². The molecular weight excluding hydrogens is 431 g/mol. The number of carbonyl (C=O) groups is 1. The molecule has 0 saturated carbocycles. The fourth-order valence-corrected chi connectivity index (χ4v) is 2.68. The molecule has 0 amide bonds. The summed E-state index contributed by atoms with van der Waals surface area (Å²) in [6.07, 6.45) is 0.204. The fourth-order valence-electron chi connectivity index (χ4n) is 2.15. The van der Waals surface area contributed by atoms with E-state index in [4.69, 9.17) is 21.1 Å². The van der Waals surface area contributed by atoms with Crippen LogP contribution in [-0.2, 0) is 10.7 Å². The van der Waals surface area contributed by atoms with Gasteiger partial charge in [0.05, 0.1) is 0 Å². The maximum Gasteiger partial charge on any atom is 0.345 e. The molecule has 3 rings (SSSR count). The molecule has 0 saturated heterocycles. The van der Waals surface area contributed by atoms with Gasteiger partial charge in [-0.05, 0) is 70.6 Å². The van der Waals surface area contributed by atoms with Gasteiger partial charge in [0.25, 0.3) is 0 Å². The molecule has 23 heavy (non-hydrogen) atoms. The Bertz CT molecular complexity index is 771. The highest BCUT2D eigenvalue weighted by atomic mass is 127. The lowest BCUT2D eigenvalue weighted by molar-refractivity contribution is -0.133. The molecule has 1 heterocycles. The van der Waals surface area contributed by atoms with Gasteiger partial charge in [0.15, 0.2) is 0 Å². The number of esters is 1. The molecule has 0 spiro atoms. The molecule has 2 aromatic carbocycles. The van der Waals surface area contributed by atoms with Crippen LogP contribution in [0.5, 0.6) is 11.5 Å². The van der Waals surface area contributed by atoms with Gasteiger partial charge in [-0.2, -0.15) is 0 Å². The summed E-state index contributed by atoms with van der Waals surface area (Å²) in [6.45, 7) is 0. The molecular formula is C17H12ClIO4. The fraction of sp³-hybridized carbons (Fsp3) is 0.118. The number of fused-ring (bicyclic) bond motifs is 1. The Hall–Kier alpha value is -1.57. The first kappa shape index (κ1) is 16.3. The van der Waals surface area contributed by atoms with E-state index in [2.05, 4.69) is 22.6 Å². The van der Waals surface area contributed by atoms with Crippen LogP contribution in [0.15, 0.2) is 48.0 Å². The minimum atomic E-state index is -1.36. The van der Waals surface area contributed by atoms with Crippen molar-refractivity contribution in [1.29, 1.82) is 0 Å². The number of ether oxygens (including phenoxy) is 2. The molecule has 4 nitrogen and oxygen atoms in total. The van der Waals surface area contributed by atoms with Crippen LogP contribution in [0.3, 0.4) is 0 Å². The van der Waals surface area contributed by atoms with Gasteiger partial charge in [-0.3, -0.25) is 0 Å². The normalized spacial score (nSPS) is 16.1. The molecule has 1 aliphatic heterocycles. The van der Waals surface area contributed by atoms with E-state index in [1.807, 2.05) is 18.2 Å². The summed E-state index contributed by atoms with van der Waals surface area (Å²) >= 11 is 7.97. The predicted octanol–water partition coefficient (Wildman–Crippen LogP) is 3.73. The maximum atomic E-state index is 12.3. The lowest BCUT2D eigenvalue weighted by atomic mass is 10.0. The lowest BCUT2D eigenvalue weighted by Crippen LogP contribution is -2.29. The third-order valence-corrected chi connectivity index (χ3v) is 4.33. The van der Waals surface area contributed by atoms with E-state index in [9.17, 15) is 9.90 Å². The highest BCUT2D eigenvalue weighted by Gasteiger charge is 2.27. The first-order chi connectivity index (χ1) is 11.1. The summed E-state index contributed by atoms with van der Waals surface area (Å²) < 4.78 is 11.7. The van der Waals surface area contributed by atoms with Gasteiger partial charge in [-0.1, -0.05) is 6.07 Å². The number of carbonyl (C=O) groups excluding carboxylic acids is 1. The van der Waals surface area contributed by atoms with Crippen LogP contribution < -0.4 is 9.47 Å². The third-order valence-electron chi connectivity index (χ3n) is 3.30. The summed E-state index contributed by atoms with van der Waals surface area (Å²) in [6, 6.07) is 12.4. The van der Waals surface area contributed by atoms with Crippen molar-refractivity contribution in [2.75, 3.05) is 0 Å². The van der Waals surface area contributed by atoms with E-state index >= 15 is 0 Å². The van der Waals surface area contributed by atoms with Crippen molar-refractivity contribution in [2.45, 2.75) is 12.2 Å². The minimum absolute atomic E-state index is 0.0442. The number of aliphatic hydroxyl groups is 1. The number of hydrogen-bond donors (Lipinski definition) is 1. The zero-order chi connectivity index (χ0) is 16.4. The smallest absolute Gasteiger partial charge is 0.345 e. The molecule has 0 aromatic heterocycles. The van der Waals surface area contributed by atoms with Crippen LogP contribution >= 0.6 is 34.2 Å². The monoisotopic (exact) mass is 442 g/mol. The maximum absolute atomic E-state index is 12.3. The van der Waals surface area contributed by atoms with E-state index < -0.39 is 12.3 Å². The molecule has 0 fully saturated rings. The topological polar surface area (TPSA) is 55.8 Å². The van der Waals surface area contributed by atoms with Crippen LogP contribution in [0.1, 0.15) is 11.1 Å². The first-order valence-electron chi connectivity index (χ1n) is 6.80. The lowest BCUT2D eigenvalue weighted by Gasteiger charge is -2.22. The van der Waals surface area contributed by atoms with E-state index in [0.29, 0.717) is 22.9 Å². The van der Waals surface area contributed by atoms with Crippen LogP contribution in [0, 0.1) is 3.57 Å². The predicted molar refractivity (Wildman–Crippen MR) is 95.4 cm³/mol. The third kappa shape index (κ3) is 3.68. The van der Waals surface area contributed by atoms with E-state index in [-0.39, 0.29) is 5.57 Å². The molecule has 1 aliphatic rings. The van der Waals surface area contributed by atoms with Crippen molar-refractivity contribution in [3.8, 4) is 11.5 Å². The zero-order valence-electron chi connectivity index (χ0n) is 11.8. The van der Waals surface area contributed by atoms with E-state index in [1.165, 1.54) is 0 Å². The summed E-state index contributed by atoms with van der Waals surface area (Å²) in [7, 11) is 0. The SMILES string of the molecule is O=C(Oc1ccc(I)cc1)C1=Cc2cc(CCl)ccc2OC1O. The highest BCUT2D eigenvalue weighted by molar-refractivity contribution is 14.1. The van der Waals surface area contributed by atoms with Gasteiger partial charge in [0.2, 0.25) is 6.29 Å².